The summed E-state index contributed by atoms with van der Waals surface area (Å²) in [4.78, 5) is 56.3. The van der Waals surface area contributed by atoms with Gasteiger partial charge in [-0.3, -0.25) is 19.2 Å². The molecule has 0 aliphatic carbocycles. The van der Waals surface area contributed by atoms with Crippen molar-refractivity contribution in [2.24, 2.45) is 17.4 Å². The minimum atomic E-state index is -1.54. The molecule has 2 aromatic rings. The van der Waals surface area contributed by atoms with Crippen molar-refractivity contribution in [1.29, 1.82) is 0 Å². The minimum Gasteiger partial charge on any atom is -0.424 e. The zero-order valence-corrected chi connectivity index (χ0v) is 28.7. The van der Waals surface area contributed by atoms with E-state index < -0.39 is 49.0 Å². The largest absolute Gasteiger partial charge is 0.480 e. The van der Waals surface area contributed by atoms with Gasteiger partial charge in [-0.25, -0.2) is 0 Å². The fourth-order valence-electron chi connectivity index (χ4n) is 5.91. The van der Waals surface area contributed by atoms with Crippen LogP contribution in [0.25, 0.3) is 0 Å². The summed E-state index contributed by atoms with van der Waals surface area (Å²) >= 11 is 0. The Balaban J connectivity index is 1.76. The van der Waals surface area contributed by atoms with E-state index in [9.17, 15) is 29.2 Å². The van der Waals surface area contributed by atoms with E-state index in [0.717, 1.165) is 16.7 Å². The van der Waals surface area contributed by atoms with E-state index in [1.54, 1.807) is 4.90 Å². The molecule has 2 aromatic carbocycles. The molecule has 4 atom stereocenters. The van der Waals surface area contributed by atoms with Gasteiger partial charge in [0, 0.05) is 19.5 Å². The number of amides is 4. The van der Waals surface area contributed by atoms with E-state index in [4.69, 9.17) is 11.5 Å². The standard InChI is InChI=1S/C36H53BN6O6/c1-25(2)21-31(34(45)40-30(15-9-10-18-38)36(47)43-19-16-28(17-20-43)24-37(48)49)42-35(46)32(23-27-13-7-4-8-14-27)41-33(44)29(39)22-26-11-5-3-6-12-26/h3-8,11-14,24-25,29-32,48-49H,9-10,15-23,38-39H2,1-2H3,(H,40,45)(H,41,44)(H,42,46)/t29-,30-,31-,32-/m1/s1. The van der Waals surface area contributed by atoms with Crippen LogP contribution in [-0.2, 0) is 32.0 Å². The fraction of sp³-hybridized carbons (Fsp3) is 0.500. The summed E-state index contributed by atoms with van der Waals surface area (Å²) in [6.07, 6.45) is 3.48. The first kappa shape index (κ1) is 39.4. The smallest absolute Gasteiger partial charge is 0.424 e. The number of hydrogen-bond donors (Lipinski definition) is 7. The lowest BCUT2D eigenvalue weighted by atomic mass is 9.85. The molecule has 12 nitrogen and oxygen atoms in total. The van der Waals surface area contributed by atoms with E-state index in [-0.39, 0.29) is 18.2 Å². The predicted octanol–water partition coefficient (Wildman–Crippen LogP) is 0.989. The Morgan fingerprint density at radius 1 is 0.796 bits per heavy atom. The monoisotopic (exact) mass is 676 g/mol. The molecule has 1 heterocycles. The van der Waals surface area contributed by atoms with Crippen molar-refractivity contribution in [2.75, 3.05) is 19.6 Å². The fourth-order valence-corrected chi connectivity index (χ4v) is 5.91. The molecule has 0 unspecified atom stereocenters. The number of hydrogen-bond acceptors (Lipinski definition) is 8. The molecule has 0 aromatic heterocycles. The van der Waals surface area contributed by atoms with Crippen LogP contribution < -0.4 is 27.4 Å². The summed E-state index contributed by atoms with van der Waals surface area (Å²) in [6.45, 7) is 5.10. The van der Waals surface area contributed by atoms with Crippen molar-refractivity contribution in [1.82, 2.24) is 20.9 Å². The third kappa shape index (κ3) is 13.8. The number of nitrogens with zero attached hydrogens (tertiary/aromatic N) is 1. The second-order valence-electron chi connectivity index (χ2n) is 13.1. The van der Waals surface area contributed by atoms with E-state index in [2.05, 4.69) is 16.0 Å². The molecule has 0 saturated carbocycles. The van der Waals surface area contributed by atoms with Gasteiger partial charge in [-0.05, 0) is 68.5 Å². The molecular formula is C36H53BN6O6. The number of benzene rings is 2. The van der Waals surface area contributed by atoms with Crippen molar-refractivity contribution in [2.45, 2.75) is 89.4 Å². The molecule has 0 spiro atoms. The lowest BCUT2D eigenvalue weighted by Gasteiger charge is -2.33. The normalized spacial score (nSPS) is 15.5. The quantitative estimate of drug-likeness (QED) is 0.0895. The first-order valence-electron chi connectivity index (χ1n) is 17.3. The Bertz CT molecular complexity index is 1370. The maximum Gasteiger partial charge on any atom is 0.480 e. The maximum atomic E-state index is 13.9. The summed E-state index contributed by atoms with van der Waals surface area (Å²) in [6, 6.07) is 15.0. The second kappa shape index (κ2) is 20.5. The number of likely N-dealkylation sites (tertiary alicyclic amines) is 1. The number of unbranched alkanes of at least 4 members (excludes halogenated alkanes) is 1. The van der Waals surface area contributed by atoms with Crippen LogP contribution in [0.5, 0.6) is 0 Å². The lowest BCUT2D eigenvalue weighted by molar-refractivity contribution is -0.138. The van der Waals surface area contributed by atoms with Gasteiger partial charge < -0.3 is 42.4 Å². The van der Waals surface area contributed by atoms with Crippen LogP contribution in [-0.4, -0.2) is 89.5 Å². The van der Waals surface area contributed by atoms with Crippen molar-refractivity contribution in [3.8, 4) is 0 Å². The highest BCUT2D eigenvalue weighted by molar-refractivity contribution is 6.47. The molecule has 1 saturated heterocycles. The van der Waals surface area contributed by atoms with Crippen molar-refractivity contribution < 1.29 is 29.2 Å². The first-order chi connectivity index (χ1) is 23.5. The number of carbonyl (C=O) groups is 4. The molecule has 0 bridgehead atoms. The Hall–Kier alpha value is -4.04. The second-order valence-corrected chi connectivity index (χ2v) is 13.1. The van der Waals surface area contributed by atoms with Crippen LogP contribution in [0.4, 0.5) is 0 Å². The Morgan fingerprint density at radius 3 is 1.88 bits per heavy atom. The molecule has 3 rings (SSSR count). The number of nitrogens with two attached hydrogens (primary N) is 2. The molecule has 266 valence electrons. The molecule has 1 aliphatic rings. The molecular weight excluding hydrogens is 623 g/mol. The average molecular weight is 677 g/mol. The topological polar surface area (TPSA) is 200 Å². The SMILES string of the molecule is CC(C)C[C@@H](NC(=O)[C@@H](Cc1ccccc1)NC(=O)[C@H](N)Cc1ccccc1)C(=O)N[C@H](CCCCN)C(=O)N1CCC(=CB(O)O)CC1. The Morgan fingerprint density at radius 2 is 1.33 bits per heavy atom. The van der Waals surface area contributed by atoms with Crippen LogP contribution in [0.2, 0.25) is 0 Å². The van der Waals surface area contributed by atoms with Crippen molar-refractivity contribution in [3.05, 3.63) is 83.3 Å². The molecule has 4 amide bonds. The summed E-state index contributed by atoms with van der Waals surface area (Å²) in [5.41, 5.74) is 14.5. The molecule has 13 heteroatoms. The molecule has 9 N–H and O–H groups in total. The predicted molar refractivity (Wildman–Crippen MR) is 191 cm³/mol. The van der Waals surface area contributed by atoms with Crippen LogP contribution in [0.1, 0.15) is 63.5 Å². The summed E-state index contributed by atoms with van der Waals surface area (Å²) < 4.78 is 0. The Labute approximate surface area is 290 Å². The van der Waals surface area contributed by atoms with Gasteiger partial charge in [0.15, 0.2) is 0 Å². The Kier molecular flexibility index (Phi) is 16.5. The lowest BCUT2D eigenvalue weighted by Crippen LogP contribution is -2.59. The van der Waals surface area contributed by atoms with Gasteiger partial charge in [-0.2, -0.15) is 0 Å². The van der Waals surface area contributed by atoms with Gasteiger partial charge in [0.2, 0.25) is 23.6 Å². The van der Waals surface area contributed by atoms with Gasteiger partial charge in [0.25, 0.3) is 0 Å². The molecule has 1 fully saturated rings. The van der Waals surface area contributed by atoms with E-state index in [1.165, 1.54) is 5.98 Å². The summed E-state index contributed by atoms with van der Waals surface area (Å²) in [7, 11) is -1.54. The third-order valence-corrected chi connectivity index (χ3v) is 8.55. The van der Waals surface area contributed by atoms with Crippen molar-refractivity contribution >= 4 is 30.7 Å². The van der Waals surface area contributed by atoms with Crippen LogP contribution in [0.3, 0.4) is 0 Å². The summed E-state index contributed by atoms with van der Waals surface area (Å²) in [5.74, 6) is -0.324. The van der Waals surface area contributed by atoms with Gasteiger partial charge >= 0.3 is 7.12 Å². The maximum absolute atomic E-state index is 13.9. The average Bonchev–Trinajstić information content (AvgIpc) is 3.07. The van der Waals surface area contributed by atoms with Crippen molar-refractivity contribution in [3.63, 3.8) is 0 Å². The van der Waals surface area contributed by atoms with Gasteiger partial charge in [-0.15, -0.1) is 0 Å². The van der Waals surface area contributed by atoms with Gasteiger partial charge in [-0.1, -0.05) is 86.1 Å². The highest BCUT2D eigenvalue weighted by atomic mass is 16.4. The number of rotatable bonds is 18. The van der Waals surface area contributed by atoms with Crippen LogP contribution in [0, 0.1) is 5.92 Å². The molecule has 1 aliphatic heterocycles. The zero-order valence-electron chi connectivity index (χ0n) is 28.7. The molecule has 49 heavy (non-hydrogen) atoms. The van der Waals surface area contributed by atoms with E-state index in [1.807, 2.05) is 74.5 Å². The first-order valence-corrected chi connectivity index (χ1v) is 17.3. The van der Waals surface area contributed by atoms with E-state index in [0.29, 0.717) is 64.6 Å². The summed E-state index contributed by atoms with van der Waals surface area (Å²) in [5, 5.41) is 27.2. The number of nitrogens with one attached hydrogen (secondary N) is 3. The zero-order chi connectivity index (χ0) is 35.8. The molecule has 0 radical (unpaired) electrons. The van der Waals surface area contributed by atoms with E-state index >= 15 is 0 Å². The van der Waals surface area contributed by atoms with Gasteiger partial charge in [0.1, 0.15) is 18.1 Å². The highest BCUT2D eigenvalue weighted by Crippen LogP contribution is 2.18. The third-order valence-electron chi connectivity index (χ3n) is 8.55. The van der Waals surface area contributed by atoms with Gasteiger partial charge in [0.05, 0.1) is 6.04 Å². The number of carbonyl (C=O) groups excluding carboxylic acids is 4. The minimum absolute atomic E-state index is 0.0260. The van der Waals surface area contributed by atoms with Crippen LogP contribution in [0.15, 0.2) is 72.2 Å². The van der Waals surface area contributed by atoms with Crippen LogP contribution >= 0.6 is 0 Å². The number of piperidine rings is 1. The highest BCUT2D eigenvalue weighted by Gasteiger charge is 2.33.